The topological polar surface area (TPSA) is 103 Å². The van der Waals surface area contributed by atoms with E-state index in [0.717, 1.165) is 4.90 Å². The van der Waals surface area contributed by atoms with Crippen molar-refractivity contribution in [1.29, 1.82) is 0 Å². The third-order valence-corrected chi connectivity index (χ3v) is 4.92. The molecule has 0 bridgehead atoms. The molecule has 32 heavy (non-hydrogen) atoms. The van der Waals surface area contributed by atoms with Crippen molar-refractivity contribution in [2.75, 3.05) is 47.6 Å². The molecule has 0 radical (unpaired) electrons. The summed E-state index contributed by atoms with van der Waals surface area (Å²) in [6.45, 7) is -2.62. The Kier molecular flexibility index (Phi) is 8.78. The highest BCUT2D eigenvalue weighted by atomic mass is 32.2. The van der Waals surface area contributed by atoms with E-state index in [1.165, 1.54) is 27.4 Å². The van der Waals surface area contributed by atoms with Crippen LogP contribution in [0, 0.1) is 0 Å². The molecule has 2 rings (SSSR count). The lowest BCUT2D eigenvalue weighted by atomic mass is 10.1. The molecule has 0 unspecified atom stereocenters. The van der Waals surface area contributed by atoms with E-state index in [1.54, 1.807) is 12.1 Å². The largest absolute Gasteiger partial charge is 0.493 e. The molecule has 0 spiro atoms. The van der Waals surface area contributed by atoms with Crippen molar-refractivity contribution < 1.29 is 46.5 Å². The van der Waals surface area contributed by atoms with Crippen LogP contribution in [0.1, 0.15) is 5.56 Å². The summed E-state index contributed by atoms with van der Waals surface area (Å²) >= 11 is 0.712. The van der Waals surface area contributed by atoms with E-state index in [-0.39, 0.29) is 18.0 Å². The Bertz CT molecular complexity index is 880. The van der Waals surface area contributed by atoms with Gasteiger partial charge in [0, 0.05) is 13.1 Å². The number of alkyl halides is 3. The molecule has 13 heteroatoms. The maximum absolute atomic E-state index is 12.6. The second kappa shape index (κ2) is 11.1. The Hall–Kier alpha value is -2.93. The Labute approximate surface area is 185 Å². The minimum absolute atomic E-state index is 0.135. The number of halogens is 3. The highest BCUT2D eigenvalue weighted by Gasteiger charge is 2.35. The summed E-state index contributed by atoms with van der Waals surface area (Å²) in [4.78, 5) is 37.3. The molecule has 1 aliphatic heterocycles. The maximum atomic E-state index is 12.6. The van der Waals surface area contributed by atoms with Gasteiger partial charge in [-0.15, -0.1) is 0 Å². The third-order valence-electron chi connectivity index (χ3n) is 4.01. The Balaban J connectivity index is 1.99. The van der Waals surface area contributed by atoms with Crippen LogP contribution < -0.4 is 19.5 Å². The average Bonchev–Trinajstić information content (AvgIpc) is 2.99. The number of amides is 3. The molecule has 1 N–H and O–H groups in total. The molecule has 0 atom stereocenters. The lowest BCUT2D eigenvalue weighted by Gasteiger charge is -2.14. The summed E-state index contributed by atoms with van der Waals surface area (Å²) in [5.41, 5.74) is 0.528. The number of rotatable bonds is 10. The Morgan fingerprint density at radius 2 is 1.75 bits per heavy atom. The van der Waals surface area contributed by atoms with Crippen LogP contribution in [-0.4, -0.2) is 75.8 Å². The SMILES string of the molecule is COc1cc(/C=C2\SC(=O)N(CCNC(=O)COCC(F)(F)F)C2=O)cc(OC)c1OC. The van der Waals surface area contributed by atoms with Crippen molar-refractivity contribution in [3.8, 4) is 17.2 Å². The molecular formula is C19H21F3N2O7S. The van der Waals surface area contributed by atoms with Crippen LogP contribution in [-0.2, 0) is 14.3 Å². The molecule has 1 saturated heterocycles. The zero-order valence-corrected chi connectivity index (χ0v) is 18.2. The molecule has 1 aliphatic rings. The summed E-state index contributed by atoms with van der Waals surface area (Å²) in [6, 6.07) is 3.22. The predicted octanol–water partition coefficient (Wildman–Crippen LogP) is 2.44. The molecular weight excluding hydrogens is 457 g/mol. The first kappa shape index (κ1) is 25.3. The fourth-order valence-electron chi connectivity index (χ4n) is 2.65. The van der Waals surface area contributed by atoms with Gasteiger partial charge in [-0.3, -0.25) is 19.3 Å². The first-order valence-electron chi connectivity index (χ1n) is 9.06. The number of thioether (sulfide) groups is 1. The molecule has 1 aromatic rings. The summed E-state index contributed by atoms with van der Waals surface area (Å²) in [5, 5.41) is 1.75. The minimum atomic E-state index is -4.54. The van der Waals surface area contributed by atoms with Crippen LogP contribution in [0.15, 0.2) is 17.0 Å². The van der Waals surface area contributed by atoms with E-state index in [0.29, 0.717) is 34.6 Å². The van der Waals surface area contributed by atoms with Crippen molar-refractivity contribution in [2.24, 2.45) is 0 Å². The van der Waals surface area contributed by atoms with Gasteiger partial charge in [-0.1, -0.05) is 0 Å². The molecule has 0 aromatic heterocycles. The van der Waals surface area contributed by atoms with Crippen molar-refractivity contribution in [2.45, 2.75) is 6.18 Å². The molecule has 176 valence electrons. The average molecular weight is 478 g/mol. The number of ether oxygens (including phenoxy) is 4. The smallest absolute Gasteiger partial charge is 0.411 e. The van der Waals surface area contributed by atoms with Crippen molar-refractivity contribution in [3.63, 3.8) is 0 Å². The van der Waals surface area contributed by atoms with Gasteiger partial charge in [0.2, 0.25) is 11.7 Å². The zero-order chi connectivity index (χ0) is 23.9. The number of nitrogens with zero attached hydrogens (tertiary/aromatic N) is 1. The molecule has 3 amide bonds. The van der Waals surface area contributed by atoms with E-state index in [2.05, 4.69) is 10.1 Å². The first-order chi connectivity index (χ1) is 15.1. The quantitative estimate of drug-likeness (QED) is 0.512. The number of benzene rings is 1. The minimum Gasteiger partial charge on any atom is -0.493 e. The van der Waals surface area contributed by atoms with Crippen LogP contribution in [0.5, 0.6) is 17.2 Å². The van der Waals surface area contributed by atoms with Gasteiger partial charge in [0.1, 0.15) is 13.2 Å². The van der Waals surface area contributed by atoms with Gasteiger partial charge in [-0.05, 0) is 35.5 Å². The Morgan fingerprint density at radius 1 is 1.12 bits per heavy atom. The third kappa shape index (κ3) is 6.79. The van der Waals surface area contributed by atoms with Gasteiger partial charge in [0.25, 0.3) is 11.1 Å². The van der Waals surface area contributed by atoms with Gasteiger partial charge in [0.15, 0.2) is 11.5 Å². The number of hydrogen-bond donors (Lipinski definition) is 1. The van der Waals surface area contributed by atoms with Crippen molar-refractivity contribution in [3.05, 3.63) is 22.6 Å². The van der Waals surface area contributed by atoms with E-state index in [9.17, 15) is 27.6 Å². The number of hydrogen-bond acceptors (Lipinski definition) is 8. The lowest BCUT2D eigenvalue weighted by Crippen LogP contribution is -2.38. The fourth-order valence-corrected chi connectivity index (χ4v) is 3.51. The number of nitrogens with one attached hydrogen (secondary N) is 1. The van der Waals surface area contributed by atoms with Gasteiger partial charge < -0.3 is 24.3 Å². The van der Waals surface area contributed by atoms with Crippen LogP contribution in [0.2, 0.25) is 0 Å². The maximum Gasteiger partial charge on any atom is 0.411 e. The monoisotopic (exact) mass is 478 g/mol. The van der Waals surface area contributed by atoms with Crippen molar-refractivity contribution >= 4 is 34.9 Å². The van der Waals surface area contributed by atoms with Gasteiger partial charge >= 0.3 is 6.18 Å². The van der Waals surface area contributed by atoms with Crippen molar-refractivity contribution in [1.82, 2.24) is 10.2 Å². The summed E-state index contributed by atoms with van der Waals surface area (Å²) < 4.78 is 56.0. The lowest BCUT2D eigenvalue weighted by molar-refractivity contribution is -0.175. The van der Waals surface area contributed by atoms with Gasteiger partial charge in [0.05, 0.1) is 26.2 Å². The van der Waals surface area contributed by atoms with Crippen LogP contribution >= 0.6 is 11.8 Å². The molecule has 0 aliphatic carbocycles. The molecule has 0 saturated carbocycles. The Morgan fingerprint density at radius 3 is 2.28 bits per heavy atom. The summed E-state index contributed by atoms with van der Waals surface area (Å²) in [5.74, 6) is -0.263. The van der Waals surface area contributed by atoms with Gasteiger partial charge in [-0.25, -0.2) is 0 Å². The highest BCUT2D eigenvalue weighted by molar-refractivity contribution is 8.18. The molecule has 1 heterocycles. The normalized spacial score (nSPS) is 15.3. The van der Waals surface area contributed by atoms with E-state index >= 15 is 0 Å². The molecule has 1 fully saturated rings. The predicted molar refractivity (Wildman–Crippen MR) is 109 cm³/mol. The van der Waals surface area contributed by atoms with E-state index in [1.807, 2.05) is 0 Å². The number of methoxy groups -OCH3 is 3. The number of imide groups is 1. The summed E-state index contributed by atoms with van der Waals surface area (Å²) in [7, 11) is 4.33. The first-order valence-corrected chi connectivity index (χ1v) is 9.87. The van der Waals surface area contributed by atoms with Gasteiger partial charge in [-0.2, -0.15) is 13.2 Å². The zero-order valence-electron chi connectivity index (χ0n) is 17.4. The fraction of sp³-hybridized carbons (Fsp3) is 0.421. The highest BCUT2D eigenvalue weighted by Crippen LogP contribution is 2.40. The van der Waals surface area contributed by atoms with E-state index in [4.69, 9.17) is 14.2 Å². The summed E-state index contributed by atoms with van der Waals surface area (Å²) in [6.07, 6.45) is -3.05. The number of carbonyl (C=O) groups excluding carboxylic acids is 3. The standard InChI is InChI=1S/C19H21F3N2O7S/c1-28-12-6-11(7-13(29-2)16(12)30-3)8-14-17(26)24(18(27)32-14)5-4-23-15(25)9-31-10-19(20,21)22/h6-8H,4-5,9-10H2,1-3H3,(H,23,25)/b14-8-. The molecule has 1 aromatic carbocycles. The number of carbonyl (C=O) groups is 3. The van der Waals surface area contributed by atoms with Crippen LogP contribution in [0.3, 0.4) is 0 Å². The second-order valence-corrected chi connectivity index (χ2v) is 7.24. The van der Waals surface area contributed by atoms with Crippen LogP contribution in [0.4, 0.5) is 18.0 Å². The molecule has 9 nitrogen and oxygen atoms in total. The van der Waals surface area contributed by atoms with Crippen LogP contribution in [0.25, 0.3) is 6.08 Å². The van der Waals surface area contributed by atoms with E-state index < -0.39 is 36.4 Å². The second-order valence-electron chi connectivity index (χ2n) is 6.25.